The van der Waals surface area contributed by atoms with E-state index in [1.807, 2.05) is 47.8 Å². The Morgan fingerprint density at radius 1 is 0.889 bits per heavy atom. The second kappa shape index (κ2) is 9.71. The number of benzene rings is 2. The fraction of sp³-hybridized carbons (Fsp3) is 0.158. The second-order valence-corrected chi connectivity index (χ2v) is 5.41. The van der Waals surface area contributed by atoms with Crippen molar-refractivity contribution in [2.45, 2.75) is 0 Å². The van der Waals surface area contributed by atoms with Crippen LogP contribution in [0.4, 0.5) is 4.79 Å². The van der Waals surface area contributed by atoms with Crippen molar-refractivity contribution in [3.05, 3.63) is 60.2 Å². The number of nitrogens with one attached hydrogen (secondary N) is 3. The first kappa shape index (κ1) is 19.6. The van der Waals surface area contributed by atoms with Crippen LogP contribution in [-0.2, 0) is 14.3 Å². The van der Waals surface area contributed by atoms with Gasteiger partial charge < -0.3 is 15.4 Å². The van der Waals surface area contributed by atoms with Crippen molar-refractivity contribution in [2.75, 3.05) is 20.2 Å². The maximum Gasteiger partial charge on any atom is 0.325 e. The van der Waals surface area contributed by atoms with Crippen LogP contribution in [0, 0.1) is 0 Å². The van der Waals surface area contributed by atoms with E-state index in [-0.39, 0.29) is 0 Å². The van der Waals surface area contributed by atoms with E-state index in [9.17, 15) is 19.2 Å². The Hall–Kier alpha value is -3.68. The summed E-state index contributed by atoms with van der Waals surface area (Å²) in [5.41, 5.74) is 2.39. The Labute approximate surface area is 155 Å². The summed E-state index contributed by atoms with van der Waals surface area (Å²) in [5, 5.41) is 6.54. The highest BCUT2D eigenvalue weighted by Crippen LogP contribution is 2.19. The van der Waals surface area contributed by atoms with E-state index < -0.39 is 37.0 Å². The van der Waals surface area contributed by atoms with E-state index in [4.69, 9.17) is 0 Å². The van der Waals surface area contributed by atoms with E-state index >= 15 is 0 Å². The number of rotatable bonds is 6. The van der Waals surface area contributed by atoms with Gasteiger partial charge in [0.1, 0.15) is 6.54 Å². The van der Waals surface area contributed by atoms with Crippen LogP contribution in [0.2, 0.25) is 0 Å². The Kier molecular flexibility index (Phi) is 7.07. The molecule has 2 rings (SSSR count). The quantitative estimate of drug-likeness (QED) is 0.660. The lowest BCUT2D eigenvalue weighted by Gasteiger charge is -2.07. The average molecular weight is 369 g/mol. The molecule has 2 aromatic rings. The van der Waals surface area contributed by atoms with Crippen molar-refractivity contribution < 1.29 is 23.9 Å². The lowest BCUT2D eigenvalue weighted by Crippen LogP contribution is -2.40. The van der Waals surface area contributed by atoms with E-state index in [1.165, 1.54) is 7.05 Å². The molecule has 3 N–H and O–H groups in total. The van der Waals surface area contributed by atoms with Gasteiger partial charge in [0.25, 0.3) is 11.8 Å². The van der Waals surface area contributed by atoms with Crippen molar-refractivity contribution in [3.63, 3.8) is 0 Å². The minimum Gasteiger partial charge on any atom is -0.454 e. The van der Waals surface area contributed by atoms with Crippen molar-refractivity contribution >= 4 is 23.8 Å². The number of urea groups is 1. The molecule has 0 spiro atoms. The maximum absolute atomic E-state index is 12.1. The van der Waals surface area contributed by atoms with Crippen molar-refractivity contribution in [3.8, 4) is 11.1 Å². The third kappa shape index (κ3) is 6.28. The summed E-state index contributed by atoms with van der Waals surface area (Å²) < 4.78 is 4.67. The monoisotopic (exact) mass is 369 g/mol. The number of amides is 4. The van der Waals surface area contributed by atoms with Gasteiger partial charge in [0, 0.05) is 12.6 Å². The normalized spacial score (nSPS) is 9.81. The molecule has 0 bridgehead atoms. The van der Waals surface area contributed by atoms with Gasteiger partial charge in [0.2, 0.25) is 0 Å². The molecular formula is C19H19N3O5. The summed E-state index contributed by atoms with van der Waals surface area (Å²) in [4.78, 5) is 45.8. The first-order valence-corrected chi connectivity index (χ1v) is 8.10. The molecule has 0 aliphatic carbocycles. The second-order valence-electron chi connectivity index (χ2n) is 5.41. The summed E-state index contributed by atoms with van der Waals surface area (Å²) in [7, 11) is 1.34. The molecule has 0 fully saturated rings. The summed E-state index contributed by atoms with van der Waals surface area (Å²) in [6.07, 6.45) is 0. The minimum atomic E-state index is -0.795. The van der Waals surface area contributed by atoms with Crippen LogP contribution in [0.25, 0.3) is 11.1 Å². The van der Waals surface area contributed by atoms with Gasteiger partial charge in [-0.2, -0.15) is 0 Å². The molecule has 0 aliphatic heterocycles. The Morgan fingerprint density at radius 2 is 1.52 bits per heavy atom. The van der Waals surface area contributed by atoms with Crippen LogP contribution >= 0.6 is 0 Å². The summed E-state index contributed by atoms with van der Waals surface area (Å²) in [6, 6.07) is 15.9. The first-order chi connectivity index (χ1) is 13.0. The fourth-order valence-corrected chi connectivity index (χ4v) is 2.12. The summed E-state index contributed by atoms with van der Waals surface area (Å²) in [6.45, 7) is -1.01. The zero-order chi connectivity index (χ0) is 19.6. The molecule has 0 atom stereocenters. The van der Waals surface area contributed by atoms with Gasteiger partial charge in [-0.15, -0.1) is 0 Å². The average Bonchev–Trinajstić information content (AvgIpc) is 2.71. The number of ether oxygens (including phenoxy) is 1. The summed E-state index contributed by atoms with van der Waals surface area (Å²) in [5.74, 6) is -2.01. The molecule has 2 aromatic carbocycles. The topological polar surface area (TPSA) is 114 Å². The maximum atomic E-state index is 12.1. The largest absolute Gasteiger partial charge is 0.454 e. The van der Waals surface area contributed by atoms with Gasteiger partial charge in [0.05, 0.1) is 0 Å². The van der Waals surface area contributed by atoms with Gasteiger partial charge in [-0.25, -0.2) is 4.79 Å². The third-order valence-electron chi connectivity index (χ3n) is 3.49. The number of hydrogen-bond acceptors (Lipinski definition) is 5. The lowest BCUT2D eigenvalue weighted by atomic mass is 10.0. The molecule has 4 amide bonds. The molecule has 8 heteroatoms. The van der Waals surface area contributed by atoms with Gasteiger partial charge in [-0.3, -0.25) is 19.7 Å². The van der Waals surface area contributed by atoms with Crippen LogP contribution < -0.4 is 16.0 Å². The molecular weight excluding hydrogens is 350 g/mol. The van der Waals surface area contributed by atoms with E-state index in [0.717, 1.165) is 11.1 Å². The number of carbonyl (C=O) groups is 4. The van der Waals surface area contributed by atoms with Crippen molar-refractivity contribution in [2.24, 2.45) is 0 Å². The number of imide groups is 1. The molecule has 0 heterocycles. The molecule has 27 heavy (non-hydrogen) atoms. The zero-order valence-corrected chi connectivity index (χ0v) is 14.7. The summed E-state index contributed by atoms with van der Waals surface area (Å²) >= 11 is 0. The van der Waals surface area contributed by atoms with Crippen molar-refractivity contribution in [1.82, 2.24) is 16.0 Å². The smallest absolute Gasteiger partial charge is 0.325 e. The van der Waals surface area contributed by atoms with Crippen LogP contribution in [0.15, 0.2) is 54.6 Å². The molecule has 0 unspecified atom stereocenters. The predicted molar refractivity (Wildman–Crippen MR) is 97.8 cm³/mol. The highest BCUT2D eigenvalue weighted by atomic mass is 16.5. The van der Waals surface area contributed by atoms with E-state index in [2.05, 4.69) is 15.4 Å². The van der Waals surface area contributed by atoms with Crippen LogP contribution in [0.3, 0.4) is 0 Å². The number of carbonyl (C=O) groups excluding carboxylic acids is 4. The minimum absolute atomic E-state index is 0.389. The van der Waals surface area contributed by atoms with E-state index in [0.29, 0.717) is 5.56 Å². The highest BCUT2D eigenvalue weighted by molar-refractivity contribution is 5.97. The highest BCUT2D eigenvalue weighted by Gasteiger charge is 2.12. The van der Waals surface area contributed by atoms with Gasteiger partial charge in [-0.1, -0.05) is 42.5 Å². The molecule has 8 nitrogen and oxygen atoms in total. The molecule has 0 saturated heterocycles. The Morgan fingerprint density at radius 3 is 2.15 bits per heavy atom. The fourth-order valence-electron chi connectivity index (χ4n) is 2.12. The zero-order valence-electron chi connectivity index (χ0n) is 14.7. The van der Waals surface area contributed by atoms with Gasteiger partial charge in [-0.05, 0) is 23.3 Å². The standard InChI is InChI=1S/C19H19N3O5/c1-20-19(26)22-16(23)12-27-17(24)11-21-18(25)15-9-7-14(8-10-15)13-5-3-2-4-6-13/h2-10H,11-12H2,1H3,(H,21,25)(H2,20,22,23,26). The molecule has 0 aliphatic rings. The van der Waals surface area contributed by atoms with E-state index in [1.54, 1.807) is 12.1 Å². The van der Waals surface area contributed by atoms with Crippen LogP contribution in [-0.4, -0.2) is 44.0 Å². The Bertz CT molecular complexity index is 819. The molecule has 0 saturated carbocycles. The number of hydrogen-bond donors (Lipinski definition) is 3. The first-order valence-electron chi connectivity index (χ1n) is 8.10. The Balaban J connectivity index is 1.79. The van der Waals surface area contributed by atoms with Gasteiger partial charge >= 0.3 is 12.0 Å². The van der Waals surface area contributed by atoms with Gasteiger partial charge in [0.15, 0.2) is 6.61 Å². The third-order valence-corrected chi connectivity index (χ3v) is 3.49. The number of esters is 1. The lowest BCUT2D eigenvalue weighted by molar-refractivity contribution is -0.147. The van der Waals surface area contributed by atoms with Crippen molar-refractivity contribution in [1.29, 1.82) is 0 Å². The van der Waals surface area contributed by atoms with Crippen LogP contribution in [0.5, 0.6) is 0 Å². The SMILES string of the molecule is CNC(=O)NC(=O)COC(=O)CNC(=O)c1ccc(-c2ccccc2)cc1. The molecule has 0 radical (unpaired) electrons. The van der Waals surface area contributed by atoms with Crippen LogP contribution in [0.1, 0.15) is 10.4 Å². The molecule has 0 aromatic heterocycles. The predicted octanol–water partition coefficient (Wildman–Crippen LogP) is 1.08. The molecule has 140 valence electrons.